The topological polar surface area (TPSA) is 54.4 Å². The molecule has 1 fully saturated rings. The smallest absolute Gasteiger partial charge is 0.335 e. The van der Waals surface area contributed by atoms with Crippen molar-refractivity contribution in [2.45, 2.75) is 49.2 Å². The number of carbonyl (C=O) groups is 1. The van der Waals surface area contributed by atoms with E-state index in [-0.39, 0.29) is 15.7 Å². The molecule has 1 saturated carbocycles. The lowest BCUT2D eigenvalue weighted by Gasteiger charge is -2.27. The molecule has 0 amide bonds. The number of rotatable bonds is 4. The third-order valence-corrected chi connectivity index (χ3v) is 5.89. The molecular formula is C15H19FO3S. The van der Waals surface area contributed by atoms with E-state index in [4.69, 9.17) is 5.11 Å². The Morgan fingerprint density at radius 3 is 2.55 bits per heavy atom. The van der Waals surface area contributed by atoms with Crippen molar-refractivity contribution in [3.63, 3.8) is 0 Å². The minimum atomic E-state index is -1.46. The van der Waals surface area contributed by atoms with Crippen molar-refractivity contribution in [3.8, 4) is 0 Å². The summed E-state index contributed by atoms with van der Waals surface area (Å²) < 4.78 is 26.3. The molecule has 1 N–H and O–H groups in total. The van der Waals surface area contributed by atoms with Gasteiger partial charge < -0.3 is 5.11 Å². The summed E-state index contributed by atoms with van der Waals surface area (Å²) in [5.74, 6) is -1.03. The Morgan fingerprint density at radius 1 is 1.35 bits per heavy atom. The van der Waals surface area contributed by atoms with Gasteiger partial charge in [-0.15, -0.1) is 0 Å². The highest BCUT2D eigenvalue weighted by Gasteiger charge is 2.27. The van der Waals surface area contributed by atoms with Crippen LogP contribution in [0.3, 0.4) is 0 Å². The number of carboxylic acid groups (broad SMARTS) is 1. The van der Waals surface area contributed by atoms with E-state index in [1.54, 1.807) is 0 Å². The summed E-state index contributed by atoms with van der Waals surface area (Å²) in [5.41, 5.74) is -0.0167. The van der Waals surface area contributed by atoms with Gasteiger partial charge in [-0.25, -0.2) is 9.18 Å². The molecule has 0 aliphatic heterocycles. The third kappa shape index (κ3) is 3.26. The van der Waals surface area contributed by atoms with Crippen LogP contribution in [-0.2, 0) is 10.8 Å². The molecule has 1 aliphatic carbocycles. The maximum Gasteiger partial charge on any atom is 0.335 e. The van der Waals surface area contributed by atoms with Crippen LogP contribution < -0.4 is 0 Å². The van der Waals surface area contributed by atoms with E-state index in [0.29, 0.717) is 5.92 Å². The molecule has 20 heavy (non-hydrogen) atoms. The SMILES string of the molecule is CCC1CCC(S(=O)c2cc(C(=O)O)ccc2F)CC1. The first kappa shape index (κ1) is 15.2. The van der Waals surface area contributed by atoms with Gasteiger partial charge in [0.1, 0.15) is 5.82 Å². The van der Waals surface area contributed by atoms with E-state index in [1.807, 2.05) is 0 Å². The van der Waals surface area contributed by atoms with Crippen molar-refractivity contribution < 1.29 is 18.5 Å². The summed E-state index contributed by atoms with van der Waals surface area (Å²) in [5, 5.41) is 8.88. The van der Waals surface area contributed by atoms with Gasteiger partial charge in [0, 0.05) is 5.25 Å². The van der Waals surface area contributed by atoms with Gasteiger partial charge in [0.25, 0.3) is 0 Å². The molecule has 3 nitrogen and oxygen atoms in total. The Kier molecular flexibility index (Phi) is 4.91. The standard InChI is InChI=1S/C15H19FO3S/c1-2-10-3-6-12(7-4-10)20(19)14-9-11(15(17)18)5-8-13(14)16/h5,8-10,12H,2-4,6-7H2,1H3,(H,17,18). The van der Waals surface area contributed by atoms with E-state index in [1.165, 1.54) is 12.1 Å². The summed E-state index contributed by atoms with van der Waals surface area (Å²) in [7, 11) is -1.46. The van der Waals surface area contributed by atoms with Crippen LogP contribution in [0.15, 0.2) is 23.1 Å². The molecule has 0 aromatic heterocycles. The third-order valence-electron chi connectivity index (χ3n) is 4.07. The van der Waals surface area contributed by atoms with Crippen LogP contribution in [0.25, 0.3) is 0 Å². The maximum absolute atomic E-state index is 13.8. The van der Waals surface area contributed by atoms with E-state index in [9.17, 15) is 13.4 Å². The van der Waals surface area contributed by atoms with Gasteiger partial charge in [0.05, 0.1) is 21.3 Å². The fraction of sp³-hybridized carbons (Fsp3) is 0.533. The summed E-state index contributed by atoms with van der Waals surface area (Å²) in [6.07, 6.45) is 4.81. The Morgan fingerprint density at radius 2 is 2.00 bits per heavy atom. The monoisotopic (exact) mass is 298 g/mol. The second-order valence-corrected chi connectivity index (χ2v) is 7.00. The van der Waals surface area contributed by atoms with Gasteiger partial charge >= 0.3 is 5.97 Å². The molecule has 0 radical (unpaired) electrons. The molecule has 110 valence electrons. The molecule has 0 heterocycles. The largest absolute Gasteiger partial charge is 0.478 e. The number of hydrogen-bond acceptors (Lipinski definition) is 2. The number of halogens is 1. The molecule has 0 saturated heterocycles. The Bertz CT molecular complexity index is 522. The van der Waals surface area contributed by atoms with Crippen molar-refractivity contribution in [1.29, 1.82) is 0 Å². The van der Waals surface area contributed by atoms with Crippen LogP contribution in [-0.4, -0.2) is 20.5 Å². The van der Waals surface area contributed by atoms with Crippen molar-refractivity contribution in [2.75, 3.05) is 0 Å². The highest BCUT2D eigenvalue weighted by atomic mass is 32.2. The fourth-order valence-electron chi connectivity index (χ4n) is 2.72. The average molecular weight is 298 g/mol. The lowest BCUT2D eigenvalue weighted by molar-refractivity contribution is 0.0696. The number of hydrogen-bond donors (Lipinski definition) is 1. The van der Waals surface area contributed by atoms with Crippen LogP contribution in [0.1, 0.15) is 49.4 Å². The summed E-state index contributed by atoms with van der Waals surface area (Å²) in [6, 6.07) is 3.50. The van der Waals surface area contributed by atoms with Crippen molar-refractivity contribution in [1.82, 2.24) is 0 Å². The first-order valence-electron chi connectivity index (χ1n) is 6.96. The number of aromatic carboxylic acids is 1. The molecule has 1 aliphatic rings. The molecule has 2 rings (SSSR count). The van der Waals surface area contributed by atoms with Crippen LogP contribution in [0, 0.1) is 11.7 Å². The molecule has 5 heteroatoms. The molecule has 1 unspecified atom stereocenters. The van der Waals surface area contributed by atoms with E-state index in [2.05, 4.69) is 6.92 Å². The first-order valence-corrected chi connectivity index (χ1v) is 8.17. The molecular weight excluding hydrogens is 279 g/mol. The Labute approximate surface area is 120 Å². The van der Waals surface area contributed by atoms with Gasteiger partial charge in [-0.1, -0.05) is 13.3 Å². The zero-order valence-electron chi connectivity index (χ0n) is 11.5. The summed E-state index contributed by atoms with van der Waals surface area (Å²) >= 11 is 0. The van der Waals surface area contributed by atoms with E-state index in [0.717, 1.165) is 38.2 Å². The zero-order valence-corrected chi connectivity index (χ0v) is 12.3. The normalized spacial score (nSPS) is 24.3. The van der Waals surface area contributed by atoms with Crippen LogP contribution in [0.5, 0.6) is 0 Å². The van der Waals surface area contributed by atoms with Gasteiger partial charge in [0.15, 0.2) is 0 Å². The molecule has 1 atom stereocenters. The van der Waals surface area contributed by atoms with Crippen LogP contribution in [0.2, 0.25) is 0 Å². The second-order valence-electron chi connectivity index (χ2n) is 5.30. The Hall–Kier alpha value is -1.23. The summed E-state index contributed by atoms with van der Waals surface area (Å²) in [6.45, 7) is 2.15. The fourth-order valence-corrected chi connectivity index (χ4v) is 4.29. The highest BCUT2D eigenvalue weighted by Crippen LogP contribution is 2.32. The molecule has 1 aromatic carbocycles. The van der Waals surface area contributed by atoms with E-state index < -0.39 is 22.6 Å². The first-order chi connectivity index (χ1) is 9.52. The Balaban J connectivity index is 2.17. The van der Waals surface area contributed by atoms with E-state index >= 15 is 0 Å². The van der Waals surface area contributed by atoms with Crippen LogP contribution in [0.4, 0.5) is 4.39 Å². The van der Waals surface area contributed by atoms with Gasteiger partial charge in [0.2, 0.25) is 0 Å². The second kappa shape index (κ2) is 6.48. The number of carboxylic acids is 1. The van der Waals surface area contributed by atoms with Crippen molar-refractivity contribution >= 4 is 16.8 Å². The molecule has 0 spiro atoms. The lowest BCUT2D eigenvalue weighted by atomic mass is 9.87. The van der Waals surface area contributed by atoms with Crippen molar-refractivity contribution in [2.24, 2.45) is 5.92 Å². The van der Waals surface area contributed by atoms with Crippen LogP contribution >= 0.6 is 0 Å². The molecule has 0 bridgehead atoms. The minimum absolute atomic E-state index is 0.0167. The highest BCUT2D eigenvalue weighted by molar-refractivity contribution is 7.85. The quantitative estimate of drug-likeness (QED) is 0.924. The summed E-state index contributed by atoms with van der Waals surface area (Å²) in [4.78, 5) is 11.0. The average Bonchev–Trinajstić information content (AvgIpc) is 2.47. The van der Waals surface area contributed by atoms with Crippen molar-refractivity contribution in [3.05, 3.63) is 29.6 Å². The van der Waals surface area contributed by atoms with Gasteiger partial charge in [-0.3, -0.25) is 4.21 Å². The minimum Gasteiger partial charge on any atom is -0.478 e. The molecule has 1 aromatic rings. The number of benzene rings is 1. The predicted molar refractivity (Wildman–Crippen MR) is 75.8 cm³/mol. The maximum atomic E-state index is 13.8. The zero-order chi connectivity index (χ0) is 14.7. The van der Waals surface area contributed by atoms with Gasteiger partial charge in [-0.2, -0.15) is 0 Å². The lowest BCUT2D eigenvalue weighted by Crippen LogP contribution is -2.23. The van der Waals surface area contributed by atoms with Gasteiger partial charge in [-0.05, 0) is 49.8 Å². The predicted octanol–water partition coefficient (Wildman–Crippen LogP) is 3.60.